The summed E-state index contributed by atoms with van der Waals surface area (Å²) in [6.07, 6.45) is 5.64. The number of benzene rings is 3. The van der Waals surface area contributed by atoms with Gasteiger partial charge in [-0.25, -0.2) is 9.48 Å². The molecule has 1 N–H and O–H groups in total. The highest BCUT2D eigenvalue weighted by Gasteiger charge is 2.21. The second kappa shape index (κ2) is 14.3. The minimum atomic E-state index is -0.534. The van der Waals surface area contributed by atoms with E-state index in [0.29, 0.717) is 19.1 Å². The maximum atomic E-state index is 12.0. The molecule has 1 amide bonds. The van der Waals surface area contributed by atoms with Crippen molar-refractivity contribution in [2.24, 2.45) is 0 Å². The van der Waals surface area contributed by atoms with E-state index in [9.17, 15) is 4.79 Å². The number of hydrogen-bond donors (Lipinski definition) is 1. The lowest BCUT2D eigenvalue weighted by molar-refractivity contribution is -0.0366. The van der Waals surface area contributed by atoms with Crippen molar-refractivity contribution in [3.63, 3.8) is 0 Å². The zero-order valence-electron chi connectivity index (χ0n) is 27.6. The number of nitrogens with one attached hydrogen (secondary N) is 1. The second-order valence-electron chi connectivity index (χ2n) is 12.9. The van der Waals surface area contributed by atoms with E-state index in [4.69, 9.17) is 19.3 Å². The maximum absolute atomic E-state index is 12.0. The third-order valence-electron chi connectivity index (χ3n) is 8.06. The van der Waals surface area contributed by atoms with Crippen LogP contribution < -0.4 is 10.1 Å². The Labute approximate surface area is 267 Å². The number of ether oxygens (including phenoxy) is 3. The van der Waals surface area contributed by atoms with Gasteiger partial charge in [0.1, 0.15) is 18.0 Å². The number of amides is 1. The van der Waals surface area contributed by atoms with Crippen LogP contribution >= 0.6 is 0 Å². The third-order valence-corrected chi connectivity index (χ3v) is 8.06. The Morgan fingerprint density at radius 1 is 1.04 bits per heavy atom. The molecular formula is C38H47N3O4. The number of allylic oxidation sites excluding steroid dienone is 1. The molecule has 3 aromatic carbocycles. The van der Waals surface area contributed by atoms with E-state index >= 15 is 0 Å². The molecule has 5 rings (SSSR count). The van der Waals surface area contributed by atoms with Crippen LogP contribution in [0.5, 0.6) is 5.75 Å². The molecule has 7 nitrogen and oxygen atoms in total. The Balaban J connectivity index is 1.47. The molecule has 7 heteroatoms. The molecule has 238 valence electrons. The molecule has 0 spiro atoms. The fraction of sp³-hybridized carbons (Fsp3) is 0.421. The quantitative estimate of drug-likeness (QED) is 0.143. The van der Waals surface area contributed by atoms with Crippen LogP contribution in [0.2, 0.25) is 0 Å². The molecule has 2 heterocycles. The molecular weight excluding hydrogens is 562 g/mol. The van der Waals surface area contributed by atoms with Gasteiger partial charge in [-0.05, 0) is 110 Å². The van der Waals surface area contributed by atoms with Gasteiger partial charge in [0, 0.05) is 12.0 Å². The molecule has 1 aliphatic rings. The van der Waals surface area contributed by atoms with Crippen molar-refractivity contribution in [3.8, 4) is 5.75 Å². The topological polar surface area (TPSA) is 74.6 Å². The summed E-state index contributed by atoms with van der Waals surface area (Å²) in [6.45, 7) is 13.8. The van der Waals surface area contributed by atoms with Crippen molar-refractivity contribution < 1.29 is 19.0 Å². The fourth-order valence-corrected chi connectivity index (χ4v) is 6.00. The smallest absolute Gasteiger partial charge is 0.407 e. The van der Waals surface area contributed by atoms with Crippen LogP contribution in [0.4, 0.5) is 4.79 Å². The average Bonchev–Trinajstić information content (AvgIpc) is 3.45. The van der Waals surface area contributed by atoms with Crippen LogP contribution in [0.1, 0.15) is 102 Å². The van der Waals surface area contributed by atoms with Gasteiger partial charge in [0.25, 0.3) is 0 Å². The largest absolute Gasteiger partial charge is 0.492 e. The first-order chi connectivity index (χ1) is 21.6. The number of aromatic nitrogens is 2. The summed E-state index contributed by atoms with van der Waals surface area (Å²) >= 11 is 0. The number of nitrogens with zero attached hydrogens (tertiary/aromatic N) is 2. The van der Waals surface area contributed by atoms with Crippen LogP contribution in [0.3, 0.4) is 0 Å². The van der Waals surface area contributed by atoms with Gasteiger partial charge in [0.15, 0.2) is 6.23 Å². The van der Waals surface area contributed by atoms with Gasteiger partial charge < -0.3 is 19.5 Å². The van der Waals surface area contributed by atoms with E-state index in [1.165, 1.54) is 22.3 Å². The van der Waals surface area contributed by atoms with Crippen molar-refractivity contribution in [1.29, 1.82) is 0 Å². The molecule has 0 bridgehead atoms. The van der Waals surface area contributed by atoms with Crippen molar-refractivity contribution in [1.82, 2.24) is 15.1 Å². The van der Waals surface area contributed by atoms with Crippen LogP contribution in [0.25, 0.3) is 22.0 Å². The first-order valence-electron chi connectivity index (χ1n) is 16.3. The normalized spacial score (nSPS) is 16.0. The SMILES string of the molecule is CC/C(=C(/c1ccc(OCCNC(=O)OC(C)(C)C)cc1)c1ccc2c(cnn2C2CCCCO2)c1)c1ccccc1C(C)C. The van der Waals surface area contributed by atoms with Gasteiger partial charge >= 0.3 is 6.09 Å². The van der Waals surface area contributed by atoms with Gasteiger partial charge in [-0.3, -0.25) is 0 Å². The number of carbonyl (C=O) groups is 1. The van der Waals surface area contributed by atoms with Gasteiger partial charge in [0.05, 0.1) is 18.3 Å². The number of rotatable bonds is 10. The molecule has 4 aromatic rings. The van der Waals surface area contributed by atoms with E-state index in [-0.39, 0.29) is 6.23 Å². The molecule has 0 aliphatic carbocycles. The molecule has 1 aromatic heterocycles. The van der Waals surface area contributed by atoms with Crippen molar-refractivity contribution in [2.45, 2.75) is 85.0 Å². The molecule has 45 heavy (non-hydrogen) atoms. The van der Waals surface area contributed by atoms with E-state index in [2.05, 4.69) is 80.7 Å². The average molecular weight is 610 g/mol. The summed E-state index contributed by atoms with van der Waals surface area (Å²) in [5, 5.41) is 8.60. The second-order valence-corrected chi connectivity index (χ2v) is 12.9. The van der Waals surface area contributed by atoms with Crippen molar-refractivity contribution in [3.05, 3.63) is 95.2 Å². The van der Waals surface area contributed by atoms with Gasteiger partial charge in [-0.1, -0.05) is 63.2 Å². The maximum Gasteiger partial charge on any atom is 0.407 e. The lowest BCUT2D eigenvalue weighted by Crippen LogP contribution is -2.34. The number of hydrogen-bond acceptors (Lipinski definition) is 5. The Kier molecular flexibility index (Phi) is 10.3. The zero-order chi connectivity index (χ0) is 32.0. The molecule has 1 saturated heterocycles. The molecule has 0 saturated carbocycles. The van der Waals surface area contributed by atoms with Crippen molar-refractivity contribution in [2.75, 3.05) is 19.8 Å². The highest BCUT2D eigenvalue weighted by Crippen LogP contribution is 2.39. The number of alkyl carbamates (subject to hydrolysis) is 1. The lowest BCUT2D eigenvalue weighted by Gasteiger charge is -2.23. The predicted octanol–water partition coefficient (Wildman–Crippen LogP) is 9.13. The molecule has 1 atom stereocenters. The van der Waals surface area contributed by atoms with Crippen LogP contribution in [0, 0.1) is 0 Å². The molecule has 1 aliphatic heterocycles. The first-order valence-corrected chi connectivity index (χ1v) is 16.3. The standard InChI is InChI=1S/C38H47N3O4/c1-7-31(33-13-9-8-12-32(33)26(2)3)36(27-15-18-30(19-16-27)43-23-21-39-37(42)45-38(4,5)6)28-17-20-34-29(24-28)25-40-41(34)35-14-10-11-22-44-35/h8-9,12-13,15-20,24-26,35H,7,10-11,14,21-23H2,1-6H3,(H,39,42)/b36-31+. The Hall–Kier alpha value is -4.10. The van der Waals surface area contributed by atoms with Gasteiger partial charge in [0.2, 0.25) is 0 Å². The van der Waals surface area contributed by atoms with E-state index in [1.807, 2.05) is 43.8 Å². The molecule has 1 unspecified atom stereocenters. The van der Waals surface area contributed by atoms with Gasteiger partial charge in [-0.15, -0.1) is 0 Å². The van der Waals surface area contributed by atoms with E-state index < -0.39 is 11.7 Å². The summed E-state index contributed by atoms with van der Waals surface area (Å²) in [5.41, 5.74) is 7.95. The summed E-state index contributed by atoms with van der Waals surface area (Å²) < 4.78 is 19.4. The van der Waals surface area contributed by atoms with E-state index in [1.54, 1.807) is 0 Å². The lowest BCUT2D eigenvalue weighted by atomic mass is 9.84. The molecule has 1 fully saturated rings. The highest BCUT2D eigenvalue weighted by molar-refractivity contribution is 6.01. The Bertz CT molecular complexity index is 1620. The minimum absolute atomic E-state index is 0.00638. The predicted molar refractivity (Wildman–Crippen MR) is 181 cm³/mol. The number of carbonyl (C=O) groups excluding carboxylic acids is 1. The third kappa shape index (κ3) is 7.95. The zero-order valence-corrected chi connectivity index (χ0v) is 27.6. The summed E-state index contributed by atoms with van der Waals surface area (Å²) in [6, 6.07) is 23.7. The Morgan fingerprint density at radius 3 is 2.49 bits per heavy atom. The number of fused-ring (bicyclic) bond motifs is 1. The molecule has 0 radical (unpaired) electrons. The van der Waals surface area contributed by atoms with Crippen LogP contribution in [-0.2, 0) is 9.47 Å². The van der Waals surface area contributed by atoms with Crippen molar-refractivity contribution >= 4 is 28.1 Å². The van der Waals surface area contributed by atoms with E-state index in [0.717, 1.165) is 60.1 Å². The summed E-state index contributed by atoms with van der Waals surface area (Å²) in [4.78, 5) is 12.0. The Morgan fingerprint density at radius 2 is 1.80 bits per heavy atom. The fourth-order valence-electron chi connectivity index (χ4n) is 6.00. The highest BCUT2D eigenvalue weighted by atomic mass is 16.6. The summed E-state index contributed by atoms with van der Waals surface area (Å²) in [5.74, 6) is 1.14. The van der Waals surface area contributed by atoms with Crippen LogP contribution in [0.15, 0.2) is 72.9 Å². The minimum Gasteiger partial charge on any atom is -0.492 e. The monoisotopic (exact) mass is 609 g/mol. The van der Waals surface area contributed by atoms with Crippen LogP contribution in [-0.4, -0.2) is 41.2 Å². The summed E-state index contributed by atoms with van der Waals surface area (Å²) in [7, 11) is 0. The van der Waals surface area contributed by atoms with Gasteiger partial charge in [-0.2, -0.15) is 5.10 Å². The first kappa shape index (κ1) is 32.3.